The Bertz CT molecular complexity index is 1110. The Morgan fingerprint density at radius 1 is 0.909 bits per heavy atom. The molecule has 0 atom stereocenters. The molecular weight excluding hydrogens is 434 g/mol. The number of anilines is 1. The van der Waals surface area contributed by atoms with Crippen LogP contribution in [0.25, 0.3) is 16.4 Å². The number of piperazine rings is 1. The number of fused-ring (bicyclic) bond motifs is 1. The molecule has 2 saturated heterocycles. The number of amides is 2. The van der Waals surface area contributed by atoms with Gasteiger partial charge in [0, 0.05) is 57.5 Å². The first-order valence-electron chi connectivity index (χ1n) is 11.4. The molecule has 2 aliphatic heterocycles. The molecule has 4 heterocycles. The SMILES string of the molecule is O=C(/C=C/c1ccccc1)N1CCC(C(=O)N2CCN(c3nc4cccnc4s3)CC2)CC1. The Morgan fingerprint density at radius 2 is 1.67 bits per heavy atom. The predicted molar refractivity (Wildman–Crippen MR) is 131 cm³/mol. The second-order valence-electron chi connectivity index (χ2n) is 8.48. The molecule has 170 valence electrons. The summed E-state index contributed by atoms with van der Waals surface area (Å²) in [6, 6.07) is 13.7. The normalized spacial score (nSPS) is 17.8. The van der Waals surface area contributed by atoms with Crippen molar-refractivity contribution in [2.45, 2.75) is 12.8 Å². The van der Waals surface area contributed by atoms with Gasteiger partial charge in [-0.05, 0) is 36.6 Å². The van der Waals surface area contributed by atoms with Crippen molar-refractivity contribution in [2.24, 2.45) is 5.92 Å². The largest absolute Gasteiger partial charge is 0.344 e. The number of carbonyl (C=O) groups is 2. The van der Waals surface area contributed by atoms with Gasteiger partial charge >= 0.3 is 0 Å². The lowest BCUT2D eigenvalue weighted by Crippen LogP contribution is -2.52. The lowest BCUT2D eigenvalue weighted by atomic mass is 9.95. The summed E-state index contributed by atoms with van der Waals surface area (Å²) in [6.07, 6.45) is 6.73. The number of likely N-dealkylation sites (tertiary alicyclic amines) is 1. The van der Waals surface area contributed by atoms with E-state index < -0.39 is 0 Å². The Labute approximate surface area is 197 Å². The van der Waals surface area contributed by atoms with E-state index in [4.69, 9.17) is 4.98 Å². The molecule has 0 bridgehead atoms. The number of nitrogens with zero attached hydrogens (tertiary/aromatic N) is 5. The number of piperidine rings is 1. The van der Waals surface area contributed by atoms with Gasteiger partial charge in [-0.25, -0.2) is 9.97 Å². The molecule has 7 nitrogen and oxygen atoms in total. The number of thiazole rings is 1. The molecule has 2 aromatic heterocycles. The molecule has 33 heavy (non-hydrogen) atoms. The summed E-state index contributed by atoms with van der Waals surface area (Å²) in [5.74, 6) is 0.251. The molecular formula is C25H27N5O2S. The quantitative estimate of drug-likeness (QED) is 0.558. The molecule has 0 saturated carbocycles. The third-order valence-electron chi connectivity index (χ3n) is 6.39. The summed E-state index contributed by atoms with van der Waals surface area (Å²) in [5.41, 5.74) is 1.94. The smallest absolute Gasteiger partial charge is 0.246 e. The molecule has 2 fully saturated rings. The van der Waals surface area contributed by atoms with E-state index in [0.717, 1.165) is 47.0 Å². The number of hydrogen-bond donors (Lipinski definition) is 0. The van der Waals surface area contributed by atoms with Gasteiger partial charge in [-0.3, -0.25) is 9.59 Å². The van der Waals surface area contributed by atoms with Crippen LogP contribution in [0.2, 0.25) is 0 Å². The van der Waals surface area contributed by atoms with Gasteiger partial charge < -0.3 is 14.7 Å². The van der Waals surface area contributed by atoms with Gasteiger partial charge in [-0.1, -0.05) is 41.7 Å². The first-order valence-corrected chi connectivity index (χ1v) is 12.3. The van der Waals surface area contributed by atoms with Gasteiger partial charge in [-0.15, -0.1) is 0 Å². The van der Waals surface area contributed by atoms with Crippen LogP contribution >= 0.6 is 11.3 Å². The fraction of sp³-hybridized carbons (Fsp3) is 0.360. The Hall–Kier alpha value is -3.26. The predicted octanol–water partition coefficient (Wildman–Crippen LogP) is 3.29. The zero-order valence-corrected chi connectivity index (χ0v) is 19.3. The van der Waals surface area contributed by atoms with Gasteiger partial charge in [0.2, 0.25) is 11.8 Å². The van der Waals surface area contributed by atoms with Crippen molar-refractivity contribution in [3.05, 3.63) is 60.3 Å². The van der Waals surface area contributed by atoms with E-state index in [1.165, 1.54) is 0 Å². The first-order chi connectivity index (χ1) is 16.2. The van der Waals surface area contributed by atoms with Crippen LogP contribution in [-0.4, -0.2) is 70.9 Å². The number of aromatic nitrogens is 2. The minimum Gasteiger partial charge on any atom is -0.344 e. The second kappa shape index (κ2) is 9.70. The van der Waals surface area contributed by atoms with E-state index in [2.05, 4.69) is 9.88 Å². The van der Waals surface area contributed by atoms with E-state index in [9.17, 15) is 9.59 Å². The molecule has 0 aliphatic carbocycles. The van der Waals surface area contributed by atoms with Crippen LogP contribution in [0, 0.1) is 5.92 Å². The zero-order valence-electron chi connectivity index (χ0n) is 18.5. The standard InChI is InChI=1S/C25H27N5O2S/c31-22(9-8-19-5-2-1-3-6-19)28-13-10-20(11-14-28)24(32)29-15-17-30(18-16-29)25-27-21-7-4-12-26-23(21)33-25/h1-9,12,20H,10-11,13-18H2/b9-8+. The molecule has 0 radical (unpaired) electrons. The fourth-order valence-corrected chi connectivity index (χ4v) is 5.41. The average molecular weight is 462 g/mol. The van der Waals surface area contributed by atoms with E-state index in [1.807, 2.05) is 58.3 Å². The first kappa shape index (κ1) is 21.6. The van der Waals surface area contributed by atoms with Gasteiger partial charge in [0.1, 0.15) is 10.3 Å². The average Bonchev–Trinajstić information content (AvgIpc) is 3.32. The van der Waals surface area contributed by atoms with Crippen molar-refractivity contribution in [3.8, 4) is 0 Å². The van der Waals surface area contributed by atoms with Crippen molar-refractivity contribution < 1.29 is 9.59 Å². The maximum atomic E-state index is 13.1. The van der Waals surface area contributed by atoms with E-state index in [-0.39, 0.29) is 17.7 Å². The highest BCUT2D eigenvalue weighted by Crippen LogP contribution is 2.28. The van der Waals surface area contributed by atoms with E-state index >= 15 is 0 Å². The molecule has 0 N–H and O–H groups in total. The van der Waals surface area contributed by atoms with Gasteiger partial charge in [0.05, 0.1) is 0 Å². The lowest BCUT2D eigenvalue weighted by molar-refractivity contribution is -0.139. The highest BCUT2D eigenvalue weighted by Gasteiger charge is 2.31. The van der Waals surface area contributed by atoms with Crippen LogP contribution < -0.4 is 4.90 Å². The number of pyridine rings is 1. The Morgan fingerprint density at radius 3 is 2.39 bits per heavy atom. The highest BCUT2D eigenvalue weighted by molar-refractivity contribution is 7.21. The van der Waals surface area contributed by atoms with Crippen LogP contribution in [0.4, 0.5) is 5.13 Å². The molecule has 0 spiro atoms. The molecule has 8 heteroatoms. The van der Waals surface area contributed by atoms with Gasteiger partial charge in [0.25, 0.3) is 0 Å². The number of hydrogen-bond acceptors (Lipinski definition) is 6. The summed E-state index contributed by atoms with van der Waals surface area (Å²) < 4.78 is 0. The van der Waals surface area contributed by atoms with Crippen molar-refractivity contribution in [2.75, 3.05) is 44.2 Å². The minimum atomic E-state index is 0.00496. The summed E-state index contributed by atoms with van der Waals surface area (Å²) in [7, 11) is 0. The summed E-state index contributed by atoms with van der Waals surface area (Å²) >= 11 is 1.60. The van der Waals surface area contributed by atoms with Crippen LogP contribution in [0.5, 0.6) is 0 Å². The maximum Gasteiger partial charge on any atom is 0.246 e. The molecule has 2 amide bonds. The van der Waals surface area contributed by atoms with Gasteiger partial charge in [0.15, 0.2) is 5.13 Å². The molecule has 5 rings (SSSR count). The topological polar surface area (TPSA) is 69.6 Å². The van der Waals surface area contributed by atoms with Crippen molar-refractivity contribution in [1.29, 1.82) is 0 Å². The highest BCUT2D eigenvalue weighted by atomic mass is 32.1. The van der Waals surface area contributed by atoms with Crippen molar-refractivity contribution in [3.63, 3.8) is 0 Å². The number of rotatable bonds is 4. The Kier molecular flexibility index (Phi) is 6.35. The molecule has 3 aromatic rings. The molecule has 2 aliphatic rings. The summed E-state index contributed by atoms with van der Waals surface area (Å²) in [4.78, 5) is 41.7. The van der Waals surface area contributed by atoms with Crippen LogP contribution in [0.1, 0.15) is 18.4 Å². The van der Waals surface area contributed by atoms with E-state index in [0.29, 0.717) is 26.2 Å². The monoisotopic (exact) mass is 461 g/mol. The summed E-state index contributed by atoms with van der Waals surface area (Å²) in [5, 5.41) is 0.978. The third kappa shape index (κ3) is 4.90. The molecule has 0 unspecified atom stereocenters. The lowest BCUT2D eigenvalue weighted by Gasteiger charge is -2.38. The zero-order chi connectivity index (χ0) is 22.6. The van der Waals surface area contributed by atoms with Crippen LogP contribution in [-0.2, 0) is 9.59 Å². The van der Waals surface area contributed by atoms with Crippen molar-refractivity contribution >= 4 is 44.7 Å². The minimum absolute atomic E-state index is 0.00496. The van der Waals surface area contributed by atoms with Crippen molar-refractivity contribution in [1.82, 2.24) is 19.8 Å². The van der Waals surface area contributed by atoms with Crippen LogP contribution in [0.15, 0.2) is 54.7 Å². The second-order valence-corrected chi connectivity index (χ2v) is 9.44. The van der Waals surface area contributed by atoms with Gasteiger partial charge in [-0.2, -0.15) is 0 Å². The number of benzene rings is 1. The Balaban J connectivity index is 1.10. The number of carbonyl (C=O) groups excluding carboxylic acids is 2. The molecule has 1 aromatic carbocycles. The van der Waals surface area contributed by atoms with E-state index in [1.54, 1.807) is 23.6 Å². The third-order valence-corrected chi connectivity index (χ3v) is 7.43. The summed E-state index contributed by atoms with van der Waals surface area (Å²) in [6.45, 7) is 4.25. The fourth-order valence-electron chi connectivity index (χ4n) is 4.45. The maximum absolute atomic E-state index is 13.1. The van der Waals surface area contributed by atoms with Crippen LogP contribution in [0.3, 0.4) is 0 Å².